The number of carbonyl (C=O) groups excluding carboxylic acids is 1. The smallest absolute Gasteiger partial charge is 0.410 e. The van der Waals surface area contributed by atoms with Gasteiger partial charge in [0.05, 0.1) is 11.6 Å². The second kappa shape index (κ2) is 7.39. The van der Waals surface area contributed by atoms with Gasteiger partial charge in [-0.1, -0.05) is 41.9 Å². The Labute approximate surface area is 174 Å². The summed E-state index contributed by atoms with van der Waals surface area (Å²) in [5, 5.41) is 12.1. The lowest BCUT2D eigenvalue weighted by atomic mass is 9.98. The van der Waals surface area contributed by atoms with Crippen LogP contribution in [0.3, 0.4) is 0 Å². The van der Waals surface area contributed by atoms with Crippen molar-refractivity contribution in [2.24, 2.45) is 0 Å². The second-order valence-corrected chi connectivity index (χ2v) is 8.76. The van der Waals surface area contributed by atoms with Gasteiger partial charge in [0.25, 0.3) is 0 Å². The van der Waals surface area contributed by atoms with E-state index in [-0.39, 0.29) is 6.09 Å². The summed E-state index contributed by atoms with van der Waals surface area (Å²) in [5.74, 6) is 0.827. The van der Waals surface area contributed by atoms with Gasteiger partial charge in [0, 0.05) is 23.9 Å². The molecule has 1 aromatic heterocycles. The van der Waals surface area contributed by atoms with Gasteiger partial charge in [-0.3, -0.25) is 0 Å². The summed E-state index contributed by atoms with van der Waals surface area (Å²) in [6.45, 7) is 6.47. The lowest BCUT2D eigenvalue weighted by molar-refractivity contribution is 0.0220. The van der Waals surface area contributed by atoms with Crippen molar-refractivity contribution in [2.75, 3.05) is 6.54 Å². The van der Waals surface area contributed by atoms with Gasteiger partial charge in [-0.2, -0.15) is 0 Å². The van der Waals surface area contributed by atoms with Gasteiger partial charge in [0.15, 0.2) is 5.58 Å². The van der Waals surface area contributed by atoms with E-state index in [9.17, 15) is 9.90 Å². The highest BCUT2D eigenvalue weighted by molar-refractivity contribution is 6.35. The normalized spacial score (nSPS) is 15.3. The summed E-state index contributed by atoms with van der Waals surface area (Å²) in [6.07, 6.45) is -0.547. The maximum absolute atomic E-state index is 12.5. The molecule has 0 radical (unpaired) electrons. The quantitative estimate of drug-likeness (QED) is 0.605. The molecule has 0 saturated carbocycles. The molecule has 0 saturated heterocycles. The fourth-order valence-electron chi connectivity index (χ4n) is 3.63. The molecule has 2 aromatic carbocycles. The summed E-state index contributed by atoms with van der Waals surface area (Å²) < 4.78 is 11.5. The Morgan fingerprint density at radius 2 is 1.93 bits per heavy atom. The zero-order valence-corrected chi connectivity index (χ0v) is 17.5. The zero-order valence-electron chi connectivity index (χ0n) is 16.7. The predicted octanol–water partition coefficient (Wildman–Crippen LogP) is 5.46. The fourth-order valence-corrected chi connectivity index (χ4v) is 3.89. The van der Waals surface area contributed by atoms with E-state index < -0.39 is 11.7 Å². The van der Waals surface area contributed by atoms with Crippen molar-refractivity contribution >= 4 is 28.7 Å². The van der Waals surface area contributed by atoms with Gasteiger partial charge < -0.3 is 19.2 Å². The number of halogens is 1. The van der Waals surface area contributed by atoms with Crippen LogP contribution in [-0.4, -0.2) is 28.2 Å². The zero-order chi connectivity index (χ0) is 20.8. The Bertz CT molecular complexity index is 1050. The van der Waals surface area contributed by atoms with Crippen molar-refractivity contribution < 1.29 is 19.1 Å². The topological polar surface area (TPSA) is 62.9 Å². The van der Waals surface area contributed by atoms with Crippen molar-refractivity contribution in [1.29, 1.82) is 0 Å². The van der Waals surface area contributed by atoms with E-state index in [1.165, 1.54) is 0 Å². The molecule has 6 heteroatoms. The van der Waals surface area contributed by atoms with Gasteiger partial charge in [-0.05, 0) is 44.0 Å². The number of carbonyl (C=O) groups is 1. The average Bonchev–Trinajstić information content (AvgIpc) is 3.05. The standard InChI is InChI=1S/C23H24ClNO4/c1-23(2,3)29-22(27)25-10-9-19-17(13-25)16-11-15(12-18(24)21(16)28-19)20(26)14-7-5-4-6-8-14/h4-8,11-12,20,26H,9-10,13H2,1-3H3. The molecule has 1 aliphatic rings. The minimum atomic E-state index is -0.797. The van der Waals surface area contributed by atoms with E-state index in [1.54, 1.807) is 11.0 Å². The maximum Gasteiger partial charge on any atom is 0.410 e. The van der Waals surface area contributed by atoms with Crippen LogP contribution in [0.15, 0.2) is 46.9 Å². The Morgan fingerprint density at radius 3 is 2.62 bits per heavy atom. The molecule has 0 fully saturated rings. The van der Waals surface area contributed by atoms with Crippen LogP contribution in [0, 0.1) is 0 Å². The largest absolute Gasteiger partial charge is 0.459 e. The monoisotopic (exact) mass is 413 g/mol. The minimum Gasteiger partial charge on any atom is -0.459 e. The first-order chi connectivity index (χ1) is 13.7. The highest BCUT2D eigenvalue weighted by Gasteiger charge is 2.30. The van der Waals surface area contributed by atoms with E-state index in [4.69, 9.17) is 20.8 Å². The average molecular weight is 414 g/mol. The molecule has 4 rings (SSSR count). The number of furan rings is 1. The number of fused-ring (bicyclic) bond motifs is 3. The number of rotatable bonds is 2. The van der Waals surface area contributed by atoms with E-state index in [0.717, 1.165) is 22.3 Å². The summed E-state index contributed by atoms with van der Waals surface area (Å²) in [4.78, 5) is 14.2. The molecule has 0 aliphatic carbocycles. The Morgan fingerprint density at radius 1 is 1.21 bits per heavy atom. The van der Waals surface area contributed by atoms with Crippen molar-refractivity contribution in [3.8, 4) is 0 Å². The second-order valence-electron chi connectivity index (χ2n) is 8.35. The van der Waals surface area contributed by atoms with Crippen molar-refractivity contribution in [2.45, 2.75) is 45.4 Å². The van der Waals surface area contributed by atoms with E-state index in [1.807, 2.05) is 57.2 Å². The molecule has 1 N–H and O–H groups in total. The minimum absolute atomic E-state index is 0.343. The SMILES string of the molecule is CC(C)(C)OC(=O)N1CCc2oc3c(Cl)cc(C(O)c4ccccc4)cc3c2C1. The molecule has 2 heterocycles. The summed E-state index contributed by atoms with van der Waals surface area (Å²) >= 11 is 6.49. The number of nitrogens with zero attached hydrogens (tertiary/aromatic N) is 1. The molecule has 0 bridgehead atoms. The summed E-state index contributed by atoms with van der Waals surface area (Å²) in [5.41, 5.74) is 2.43. The molecule has 5 nitrogen and oxygen atoms in total. The van der Waals surface area contributed by atoms with E-state index >= 15 is 0 Å². The van der Waals surface area contributed by atoms with Gasteiger partial charge in [-0.25, -0.2) is 4.79 Å². The summed E-state index contributed by atoms with van der Waals surface area (Å²) in [7, 11) is 0. The van der Waals surface area contributed by atoms with Crippen LogP contribution < -0.4 is 0 Å². The van der Waals surface area contributed by atoms with Crippen LogP contribution >= 0.6 is 11.6 Å². The van der Waals surface area contributed by atoms with Gasteiger partial charge in [0.2, 0.25) is 0 Å². The molecule has 1 amide bonds. The Hall–Kier alpha value is -2.50. The molecule has 0 spiro atoms. The van der Waals surface area contributed by atoms with Crippen LogP contribution in [0.5, 0.6) is 0 Å². The number of ether oxygens (including phenoxy) is 1. The number of hydrogen-bond donors (Lipinski definition) is 1. The highest BCUT2D eigenvalue weighted by Crippen LogP contribution is 2.38. The molecule has 1 atom stereocenters. The molecule has 29 heavy (non-hydrogen) atoms. The van der Waals surface area contributed by atoms with Gasteiger partial charge in [-0.15, -0.1) is 0 Å². The molecular formula is C23H24ClNO4. The third-order valence-electron chi connectivity index (χ3n) is 4.99. The molecule has 1 aliphatic heterocycles. The predicted molar refractivity (Wildman–Crippen MR) is 112 cm³/mol. The summed E-state index contributed by atoms with van der Waals surface area (Å²) in [6, 6.07) is 13.1. The molecular weight excluding hydrogens is 390 g/mol. The van der Waals surface area contributed by atoms with Gasteiger partial charge in [0.1, 0.15) is 17.5 Å². The van der Waals surface area contributed by atoms with Crippen molar-refractivity contribution in [3.63, 3.8) is 0 Å². The third kappa shape index (κ3) is 3.98. The first-order valence-electron chi connectivity index (χ1n) is 9.67. The van der Waals surface area contributed by atoms with E-state index in [0.29, 0.717) is 35.7 Å². The first kappa shape index (κ1) is 19.8. The lowest BCUT2D eigenvalue weighted by Gasteiger charge is -2.29. The lowest BCUT2D eigenvalue weighted by Crippen LogP contribution is -2.39. The maximum atomic E-state index is 12.5. The van der Waals surface area contributed by atoms with Crippen LogP contribution in [0.4, 0.5) is 4.79 Å². The number of amides is 1. The van der Waals surface area contributed by atoms with Crippen LogP contribution in [-0.2, 0) is 17.7 Å². The van der Waals surface area contributed by atoms with Crippen molar-refractivity contribution in [3.05, 3.63) is 69.9 Å². The third-order valence-corrected chi connectivity index (χ3v) is 5.27. The van der Waals surface area contributed by atoms with Crippen LogP contribution in [0.2, 0.25) is 5.02 Å². The van der Waals surface area contributed by atoms with Crippen LogP contribution in [0.25, 0.3) is 11.0 Å². The number of aliphatic hydroxyl groups excluding tert-OH is 1. The molecule has 1 unspecified atom stereocenters. The number of benzene rings is 2. The highest BCUT2D eigenvalue weighted by atomic mass is 35.5. The molecule has 152 valence electrons. The first-order valence-corrected chi connectivity index (χ1v) is 10.1. The Balaban J connectivity index is 1.70. The van der Waals surface area contributed by atoms with Gasteiger partial charge >= 0.3 is 6.09 Å². The van der Waals surface area contributed by atoms with Crippen LogP contribution in [0.1, 0.15) is 49.3 Å². The fraction of sp³-hybridized carbons (Fsp3) is 0.348. The van der Waals surface area contributed by atoms with Crippen molar-refractivity contribution in [1.82, 2.24) is 4.90 Å². The number of aliphatic hydroxyl groups is 1. The number of hydrogen-bond acceptors (Lipinski definition) is 4. The Kier molecular flexibility index (Phi) is 5.05. The van der Waals surface area contributed by atoms with E-state index in [2.05, 4.69) is 0 Å². The molecule has 3 aromatic rings.